The average molecular weight is 252 g/mol. The van der Waals surface area contributed by atoms with Crippen molar-refractivity contribution in [2.24, 2.45) is 0 Å². The van der Waals surface area contributed by atoms with Crippen LogP contribution in [0.25, 0.3) is 10.4 Å². The molecule has 3 N–H and O–H groups in total. The van der Waals surface area contributed by atoms with Crippen molar-refractivity contribution in [1.29, 1.82) is 0 Å². The predicted octanol–water partition coefficient (Wildman–Crippen LogP) is 2.16. The Bertz CT molecular complexity index is 568. The van der Waals surface area contributed by atoms with Gasteiger partial charge in [-0.25, -0.2) is 9.37 Å². The zero-order chi connectivity index (χ0) is 12.4. The van der Waals surface area contributed by atoms with Crippen LogP contribution in [-0.4, -0.2) is 16.1 Å². The molecule has 0 saturated heterocycles. The fourth-order valence-corrected chi connectivity index (χ4v) is 2.37. The number of benzene rings is 1. The molecule has 88 valence electrons. The van der Waals surface area contributed by atoms with E-state index in [9.17, 15) is 9.18 Å². The average Bonchev–Trinajstić information content (AvgIpc) is 2.59. The van der Waals surface area contributed by atoms with Crippen molar-refractivity contribution < 1.29 is 14.3 Å². The first kappa shape index (κ1) is 11.5. The third-order valence-corrected chi connectivity index (χ3v) is 3.11. The van der Waals surface area contributed by atoms with Crippen LogP contribution in [0.1, 0.15) is 5.69 Å². The number of nitrogens with two attached hydrogens (primary N) is 1. The molecule has 0 aliphatic rings. The first-order valence-corrected chi connectivity index (χ1v) is 5.61. The zero-order valence-corrected chi connectivity index (χ0v) is 9.50. The van der Waals surface area contributed by atoms with Gasteiger partial charge in [0.25, 0.3) is 0 Å². The van der Waals surface area contributed by atoms with Gasteiger partial charge >= 0.3 is 5.97 Å². The van der Waals surface area contributed by atoms with E-state index in [1.54, 1.807) is 18.2 Å². The number of hydrogen-bond donors (Lipinski definition) is 2. The Morgan fingerprint density at radius 1 is 1.47 bits per heavy atom. The van der Waals surface area contributed by atoms with Gasteiger partial charge in [-0.15, -0.1) is 0 Å². The summed E-state index contributed by atoms with van der Waals surface area (Å²) in [6.07, 6.45) is -0.267. The van der Waals surface area contributed by atoms with Crippen LogP contribution in [0.3, 0.4) is 0 Å². The minimum absolute atomic E-state index is 0.236. The molecular weight excluding hydrogens is 243 g/mol. The van der Waals surface area contributed by atoms with E-state index in [0.29, 0.717) is 16.1 Å². The molecule has 6 heteroatoms. The van der Waals surface area contributed by atoms with Crippen molar-refractivity contribution >= 4 is 22.4 Å². The number of carboxylic acid groups (broad SMARTS) is 1. The minimum atomic E-state index is -1.02. The first-order valence-electron chi connectivity index (χ1n) is 4.80. The Kier molecular flexibility index (Phi) is 3.06. The van der Waals surface area contributed by atoms with E-state index in [0.717, 1.165) is 11.3 Å². The number of halogens is 1. The van der Waals surface area contributed by atoms with E-state index in [1.807, 2.05) is 0 Å². The summed E-state index contributed by atoms with van der Waals surface area (Å²) >= 11 is 1.09. The Labute approximate surface area is 101 Å². The fraction of sp³-hybridized carbons (Fsp3) is 0.0909. The maximum absolute atomic E-state index is 13.6. The third-order valence-electron chi connectivity index (χ3n) is 2.15. The summed E-state index contributed by atoms with van der Waals surface area (Å²) < 4.78 is 13.6. The topological polar surface area (TPSA) is 76.2 Å². The lowest BCUT2D eigenvalue weighted by Gasteiger charge is -2.01. The first-order chi connectivity index (χ1) is 8.08. The smallest absolute Gasteiger partial charge is 0.309 e. The lowest BCUT2D eigenvalue weighted by atomic mass is 10.1. The van der Waals surface area contributed by atoms with E-state index < -0.39 is 11.8 Å². The molecule has 2 aromatic rings. The molecule has 1 aromatic heterocycles. The van der Waals surface area contributed by atoms with Gasteiger partial charge in [-0.1, -0.05) is 29.5 Å². The number of nitrogens with zero attached hydrogens (tertiary/aromatic N) is 1. The van der Waals surface area contributed by atoms with Gasteiger partial charge < -0.3 is 10.8 Å². The number of carboxylic acids is 1. The number of nitrogen functional groups attached to an aromatic ring is 1. The Balaban J connectivity index is 2.51. The second-order valence-electron chi connectivity index (χ2n) is 3.38. The molecule has 0 saturated carbocycles. The molecule has 1 heterocycles. The third kappa shape index (κ3) is 2.42. The normalized spacial score (nSPS) is 10.4. The van der Waals surface area contributed by atoms with Crippen LogP contribution in [0.4, 0.5) is 9.52 Å². The zero-order valence-electron chi connectivity index (χ0n) is 8.68. The molecule has 0 aliphatic carbocycles. The number of anilines is 1. The summed E-state index contributed by atoms with van der Waals surface area (Å²) in [6, 6.07) is 6.14. The van der Waals surface area contributed by atoms with Crippen molar-refractivity contribution in [3.8, 4) is 10.4 Å². The number of aliphatic carboxylic acids is 1. The maximum atomic E-state index is 13.6. The molecule has 0 amide bonds. The summed E-state index contributed by atoms with van der Waals surface area (Å²) in [6.45, 7) is 0. The highest BCUT2D eigenvalue weighted by Crippen LogP contribution is 2.33. The maximum Gasteiger partial charge on any atom is 0.309 e. The SMILES string of the molecule is Nc1nc(CC(=O)O)c(-c2ccccc2F)s1. The Hall–Kier alpha value is -1.95. The fourth-order valence-electron chi connectivity index (χ4n) is 1.49. The van der Waals surface area contributed by atoms with E-state index in [2.05, 4.69) is 4.98 Å². The van der Waals surface area contributed by atoms with Crippen LogP contribution in [-0.2, 0) is 11.2 Å². The van der Waals surface area contributed by atoms with Crippen LogP contribution < -0.4 is 5.73 Å². The number of carbonyl (C=O) groups is 1. The van der Waals surface area contributed by atoms with E-state index >= 15 is 0 Å². The molecule has 0 atom stereocenters. The van der Waals surface area contributed by atoms with Crippen molar-refractivity contribution in [2.45, 2.75) is 6.42 Å². The Morgan fingerprint density at radius 2 is 2.18 bits per heavy atom. The van der Waals surface area contributed by atoms with Crippen LogP contribution in [0.2, 0.25) is 0 Å². The molecule has 0 spiro atoms. The van der Waals surface area contributed by atoms with E-state index in [1.165, 1.54) is 6.07 Å². The number of thiazole rings is 1. The van der Waals surface area contributed by atoms with Gasteiger partial charge in [0.05, 0.1) is 17.0 Å². The second kappa shape index (κ2) is 4.50. The highest BCUT2D eigenvalue weighted by Gasteiger charge is 2.16. The van der Waals surface area contributed by atoms with Crippen LogP contribution in [0.5, 0.6) is 0 Å². The summed E-state index contributed by atoms with van der Waals surface area (Å²) in [5.74, 6) is -1.43. The molecule has 0 unspecified atom stereocenters. The van der Waals surface area contributed by atoms with Crippen molar-refractivity contribution in [3.05, 3.63) is 35.8 Å². The van der Waals surface area contributed by atoms with Gasteiger partial charge in [-0.05, 0) is 6.07 Å². The van der Waals surface area contributed by atoms with Crippen molar-refractivity contribution in [2.75, 3.05) is 5.73 Å². The summed E-state index contributed by atoms with van der Waals surface area (Å²) in [7, 11) is 0. The molecule has 0 radical (unpaired) electrons. The van der Waals surface area contributed by atoms with Gasteiger partial charge in [0.15, 0.2) is 5.13 Å². The number of hydrogen-bond acceptors (Lipinski definition) is 4. The molecule has 2 rings (SSSR count). The molecule has 0 bridgehead atoms. The standard InChI is InChI=1S/C11H9FN2O2S/c12-7-4-2-1-3-6(7)10-8(5-9(15)16)14-11(13)17-10/h1-4H,5H2,(H2,13,14)(H,15,16). The monoisotopic (exact) mass is 252 g/mol. The van der Waals surface area contributed by atoms with Crippen LogP contribution in [0, 0.1) is 5.82 Å². The molecule has 0 fully saturated rings. The van der Waals surface area contributed by atoms with Crippen molar-refractivity contribution in [1.82, 2.24) is 4.98 Å². The van der Waals surface area contributed by atoms with E-state index in [4.69, 9.17) is 10.8 Å². The summed E-state index contributed by atoms with van der Waals surface area (Å²) in [5, 5.41) is 8.98. The number of aromatic nitrogens is 1. The minimum Gasteiger partial charge on any atom is -0.481 e. The number of rotatable bonds is 3. The van der Waals surface area contributed by atoms with Gasteiger partial charge in [0, 0.05) is 5.56 Å². The van der Waals surface area contributed by atoms with Gasteiger partial charge in [-0.2, -0.15) is 0 Å². The van der Waals surface area contributed by atoms with Gasteiger partial charge in [0.1, 0.15) is 5.82 Å². The molecule has 4 nitrogen and oxygen atoms in total. The second-order valence-corrected chi connectivity index (χ2v) is 4.41. The van der Waals surface area contributed by atoms with E-state index in [-0.39, 0.29) is 11.6 Å². The van der Waals surface area contributed by atoms with Crippen LogP contribution in [0.15, 0.2) is 24.3 Å². The van der Waals surface area contributed by atoms with Crippen molar-refractivity contribution in [3.63, 3.8) is 0 Å². The quantitative estimate of drug-likeness (QED) is 0.877. The molecule has 1 aromatic carbocycles. The predicted molar refractivity (Wildman–Crippen MR) is 63.3 cm³/mol. The van der Waals surface area contributed by atoms with Gasteiger partial charge in [-0.3, -0.25) is 4.79 Å². The highest BCUT2D eigenvalue weighted by atomic mass is 32.1. The highest BCUT2D eigenvalue weighted by molar-refractivity contribution is 7.18. The Morgan fingerprint density at radius 3 is 2.82 bits per heavy atom. The summed E-state index contributed by atoms with van der Waals surface area (Å²) in [5.41, 5.74) is 6.16. The lowest BCUT2D eigenvalue weighted by Crippen LogP contribution is -2.02. The molecule has 17 heavy (non-hydrogen) atoms. The van der Waals surface area contributed by atoms with Gasteiger partial charge in [0.2, 0.25) is 0 Å². The molecule has 0 aliphatic heterocycles. The lowest BCUT2D eigenvalue weighted by molar-refractivity contribution is -0.136. The largest absolute Gasteiger partial charge is 0.481 e. The van der Waals surface area contributed by atoms with Crippen LogP contribution >= 0.6 is 11.3 Å². The molecular formula is C11H9FN2O2S. The summed E-state index contributed by atoms with van der Waals surface area (Å²) in [4.78, 5) is 15.1.